The van der Waals surface area contributed by atoms with Crippen molar-refractivity contribution in [3.8, 4) is 11.1 Å². The summed E-state index contributed by atoms with van der Waals surface area (Å²) in [6.07, 6.45) is 2.85. The molecule has 0 aromatic heterocycles. The molecule has 1 saturated heterocycles. The molecule has 3 atom stereocenters. The van der Waals surface area contributed by atoms with Crippen LogP contribution in [-0.4, -0.2) is 66.5 Å². The number of hydrogen-bond donors (Lipinski definition) is 4. The lowest BCUT2D eigenvalue weighted by Crippen LogP contribution is -2.48. The van der Waals surface area contributed by atoms with Gasteiger partial charge in [0.25, 0.3) is 0 Å². The fourth-order valence-electron chi connectivity index (χ4n) is 5.46. The molecule has 0 bridgehead atoms. The zero-order valence-corrected chi connectivity index (χ0v) is 23.0. The highest BCUT2D eigenvalue weighted by atomic mass is 19.1. The van der Waals surface area contributed by atoms with Gasteiger partial charge in [0.1, 0.15) is 5.82 Å². The number of aliphatic hydroxyl groups excluding tert-OH is 1. The first kappa shape index (κ1) is 30.5. The number of carbonyl (C=O) groups is 2. The number of nitrogens with two attached hydrogens (primary N) is 1. The Morgan fingerprint density at radius 1 is 1.28 bits per heavy atom. The van der Waals surface area contributed by atoms with E-state index < -0.39 is 23.6 Å². The van der Waals surface area contributed by atoms with E-state index in [-0.39, 0.29) is 37.8 Å². The van der Waals surface area contributed by atoms with Crippen LogP contribution in [0.1, 0.15) is 56.6 Å². The maximum absolute atomic E-state index is 15.5. The monoisotopic (exact) mass is 543 g/mol. The number of alkyl carbamates (subject to hydrolysis) is 1. The van der Waals surface area contributed by atoms with Crippen LogP contribution in [0.2, 0.25) is 0 Å². The van der Waals surface area contributed by atoms with Crippen LogP contribution in [0.15, 0.2) is 42.5 Å². The molecule has 8 nitrogen and oxygen atoms in total. The number of amides is 2. The molecular weight excluding hydrogens is 501 g/mol. The smallest absolute Gasteiger partial charge is 0.406 e. The number of nitrogens with one attached hydrogen (secondary N) is 1. The molecule has 3 rings (SSSR count). The minimum Gasteiger partial charge on any atom is -0.453 e. The summed E-state index contributed by atoms with van der Waals surface area (Å²) in [5.41, 5.74) is 6.92. The molecule has 39 heavy (non-hydrogen) atoms. The Kier molecular flexibility index (Phi) is 11.3. The summed E-state index contributed by atoms with van der Waals surface area (Å²) in [6, 6.07) is 12.0. The van der Waals surface area contributed by atoms with Crippen LogP contribution in [0.25, 0.3) is 11.1 Å². The van der Waals surface area contributed by atoms with Crippen LogP contribution in [0.3, 0.4) is 0 Å². The van der Waals surface area contributed by atoms with Crippen LogP contribution in [0, 0.1) is 11.7 Å². The van der Waals surface area contributed by atoms with Gasteiger partial charge in [-0.1, -0.05) is 43.3 Å². The Morgan fingerprint density at radius 3 is 2.77 bits per heavy atom. The van der Waals surface area contributed by atoms with Gasteiger partial charge in [-0.05, 0) is 61.3 Å². The van der Waals surface area contributed by atoms with Gasteiger partial charge in [-0.25, -0.2) is 9.18 Å². The topological polar surface area (TPSA) is 125 Å². The average Bonchev–Trinajstić information content (AvgIpc) is 2.97. The van der Waals surface area contributed by atoms with Gasteiger partial charge >= 0.3 is 6.09 Å². The molecule has 1 fully saturated rings. The summed E-state index contributed by atoms with van der Waals surface area (Å²) >= 11 is 0. The highest BCUT2D eigenvalue weighted by Crippen LogP contribution is 2.44. The predicted octanol–water partition coefficient (Wildman–Crippen LogP) is 3.72. The molecular formula is C30H42FN3O5. The first-order valence-corrected chi connectivity index (χ1v) is 13.8. The third-order valence-electron chi connectivity index (χ3n) is 7.71. The number of likely N-dealkylation sites (tertiary alicyclic amines) is 1. The first-order valence-electron chi connectivity index (χ1n) is 13.8. The van der Waals surface area contributed by atoms with Gasteiger partial charge in [-0.15, -0.1) is 0 Å². The summed E-state index contributed by atoms with van der Waals surface area (Å²) in [4.78, 5) is 26.3. The predicted molar refractivity (Wildman–Crippen MR) is 148 cm³/mol. The quantitative estimate of drug-likeness (QED) is 0.303. The van der Waals surface area contributed by atoms with E-state index in [1.165, 1.54) is 13.2 Å². The fraction of sp³-hybridized carbons (Fsp3) is 0.533. The number of benzene rings is 2. The van der Waals surface area contributed by atoms with E-state index in [2.05, 4.69) is 10.1 Å². The number of aryl methyl sites for hydroxylation is 1. The number of rotatable bonds is 12. The van der Waals surface area contributed by atoms with E-state index in [9.17, 15) is 19.8 Å². The molecule has 214 valence electrons. The second-order valence-corrected chi connectivity index (χ2v) is 10.3. The number of aliphatic hydroxyl groups is 2. The van der Waals surface area contributed by atoms with Gasteiger partial charge in [-0.3, -0.25) is 4.79 Å². The highest BCUT2D eigenvalue weighted by molar-refractivity contribution is 5.76. The van der Waals surface area contributed by atoms with E-state index in [1.807, 2.05) is 31.2 Å². The van der Waals surface area contributed by atoms with Crippen molar-refractivity contribution in [3.05, 3.63) is 59.4 Å². The van der Waals surface area contributed by atoms with Gasteiger partial charge in [0.05, 0.1) is 19.3 Å². The largest absolute Gasteiger partial charge is 0.453 e. The summed E-state index contributed by atoms with van der Waals surface area (Å²) in [6.45, 7) is 3.01. The van der Waals surface area contributed by atoms with Crippen molar-refractivity contribution >= 4 is 12.0 Å². The van der Waals surface area contributed by atoms with Crippen molar-refractivity contribution in [3.63, 3.8) is 0 Å². The van der Waals surface area contributed by atoms with Crippen LogP contribution >= 0.6 is 0 Å². The van der Waals surface area contributed by atoms with Crippen molar-refractivity contribution in [2.45, 2.75) is 63.5 Å². The number of methoxy groups -OCH3 is 1. The molecule has 2 amide bonds. The standard InChI is InChI=1S/C30H42FN3O5/c1-3-21-8-4-9-22(18-21)28-25(11-5-12-26(28)31)30(38,15-7-16-33-29(37)39-2)23-10-6-17-34(19-23)27(36)14-13-24(32)20-35/h4-5,8-9,11-12,18,23-24,35,38H,3,6-7,10,13-17,19-20,32H2,1-2H3,(H,33,37)/t23-,24+,30?/m1/s1. The van der Waals surface area contributed by atoms with Gasteiger partial charge in [-0.2, -0.15) is 0 Å². The molecule has 0 spiro atoms. The third-order valence-corrected chi connectivity index (χ3v) is 7.71. The van der Waals surface area contributed by atoms with Crippen LogP contribution in [-0.2, 0) is 21.6 Å². The second kappa shape index (κ2) is 14.4. The van der Waals surface area contributed by atoms with Crippen LogP contribution < -0.4 is 11.1 Å². The Bertz CT molecular complexity index is 1110. The zero-order chi connectivity index (χ0) is 28.4. The van der Waals surface area contributed by atoms with E-state index in [0.29, 0.717) is 55.5 Å². The first-order chi connectivity index (χ1) is 18.7. The Balaban J connectivity index is 1.97. The molecule has 1 heterocycles. The summed E-state index contributed by atoms with van der Waals surface area (Å²) in [5.74, 6) is -0.850. The maximum Gasteiger partial charge on any atom is 0.406 e. The molecule has 2 aromatic carbocycles. The molecule has 1 aliphatic heterocycles. The van der Waals surface area contributed by atoms with Gasteiger partial charge < -0.3 is 30.9 Å². The van der Waals surface area contributed by atoms with E-state index in [4.69, 9.17) is 5.73 Å². The second-order valence-electron chi connectivity index (χ2n) is 10.3. The van der Waals surface area contributed by atoms with Crippen molar-refractivity contribution < 1.29 is 28.9 Å². The van der Waals surface area contributed by atoms with Gasteiger partial charge in [0.2, 0.25) is 5.91 Å². The van der Waals surface area contributed by atoms with Crippen LogP contribution in [0.5, 0.6) is 0 Å². The Labute approximate surface area is 230 Å². The van der Waals surface area contributed by atoms with Crippen molar-refractivity contribution in [1.29, 1.82) is 0 Å². The maximum atomic E-state index is 15.5. The lowest BCUT2D eigenvalue weighted by molar-refractivity contribution is -0.137. The number of carbonyl (C=O) groups excluding carboxylic acids is 2. The number of halogens is 1. The Hall–Kier alpha value is -3.01. The molecule has 1 unspecified atom stereocenters. The molecule has 2 aromatic rings. The van der Waals surface area contributed by atoms with E-state index in [0.717, 1.165) is 12.0 Å². The summed E-state index contributed by atoms with van der Waals surface area (Å²) < 4.78 is 20.2. The molecule has 0 aliphatic carbocycles. The normalized spacial score (nSPS) is 17.8. The highest BCUT2D eigenvalue weighted by Gasteiger charge is 2.43. The summed E-state index contributed by atoms with van der Waals surface area (Å²) in [7, 11) is 1.29. The SMILES string of the molecule is CCc1cccc(-c2c(F)cccc2C(O)(CCCNC(=O)OC)[C@@H]2CCCN(C(=O)CC[C@H](N)CO)C2)c1. The van der Waals surface area contributed by atoms with Crippen LogP contribution in [0.4, 0.5) is 9.18 Å². The number of hydrogen-bond acceptors (Lipinski definition) is 6. The zero-order valence-electron chi connectivity index (χ0n) is 23.0. The van der Waals surface area contributed by atoms with E-state index in [1.54, 1.807) is 17.0 Å². The molecule has 0 radical (unpaired) electrons. The fourth-order valence-corrected chi connectivity index (χ4v) is 5.46. The van der Waals surface area contributed by atoms with Gasteiger partial charge in [0, 0.05) is 43.6 Å². The average molecular weight is 544 g/mol. The van der Waals surface area contributed by atoms with E-state index >= 15 is 4.39 Å². The minimum atomic E-state index is -1.46. The van der Waals surface area contributed by atoms with Gasteiger partial charge in [0.15, 0.2) is 0 Å². The lowest BCUT2D eigenvalue weighted by Gasteiger charge is -2.44. The number of ether oxygens (including phenoxy) is 1. The summed E-state index contributed by atoms with van der Waals surface area (Å²) in [5, 5.41) is 24.3. The number of nitrogens with zero attached hydrogens (tertiary/aromatic N) is 1. The minimum absolute atomic E-state index is 0.0755. The van der Waals surface area contributed by atoms with Crippen molar-refractivity contribution in [2.24, 2.45) is 11.7 Å². The Morgan fingerprint density at radius 2 is 2.05 bits per heavy atom. The number of piperidine rings is 1. The van der Waals surface area contributed by atoms with Crippen molar-refractivity contribution in [1.82, 2.24) is 10.2 Å². The molecule has 0 saturated carbocycles. The molecule has 5 N–H and O–H groups in total. The third kappa shape index (κ3) is 7.77. The lowest BCUT2D eigenvalue weighted by atomic mass is 9.72. The van der Waals surface area contributed by atoms with Crippen molar-refractivity contribution in [2.75, 3.05) is 33.4 Å². The molecule has 1 aliphatic rings. The molecule has 9 heteroatoms.